The third kappa shape index (κ3) is 1.74. The van der Waals surface area contributed by atoms with Gasteiger partial charge in [-0.2, -0.15) is 0 Å². The van der Waals surface area contributed by atoms with Gasteiger partial charge in [0.25, 0.3) is 0 Å². The SMILES string of the molecule is C1=CC2=CC=CC3=Cc4c(ccc5c4ccc4ccccc45)CC23C=C1. The lowest BCUT2D eigenvalue weighted by Crippen LogP contribution is -2.30. The van der Waals surface area contributed by atoms with Crippen LogP contribution in [0, 0.1) is 5.41 Å². The smallest absolute Gasteiger partial charge is 0.0425 e. The molecule has 0 saturated heterocycles. The fourth-order valence-corrected chi connectivity index (χ4v) is 4.87. The van der Waals surface area contributed by atoms with Gasteiger partial charge in [0.15, 0.2) is 0 Å². The second-order valence-electron chi connectivity index (χ2n) is 7.47. The summed E-state index contributed by atoms with van der Waals surface area (Å²) in [5.41, 5.74) is 5.66. The van der Waals surface area contributed by atoms with Gasteiger partial charge < -0.3 is 0 Å². The topological polar surface area (TPSA) is 0 Å². The number of hydrogen-bond donors (Lipinski definition) is 0. The standard InChI is InChI=1S/C26H18/c1-2-10-22-18(6-1)11-13-24-23(22)14-12-19-17-26-15-4-3-7-20(26)8-5-9-21(26)16-25(19)24/h1-16H,17H2. The summed E-state index contributed by atoms with van der Waals surface area (Å²) in [6, 6.07) is 17.9. The summed E-state index contributed by atoms with van der Waals surface area (Å²) in [5.74, 6) is 0. The van der Waals surface area contributed by atoms with Gasteiger partial charge in [0, 0.05) is 5.41 Å². The van der Waals surface area contributed by atoms with Crippen LogP contribution in [0.3, 0.4) is 0 Å². The van der Waals surface area contributed by atoms with Crippen LogP contribution in [-0.4, -0.2) is 0 Å². The third-order valence-corrected chi connectivity index (χ3v) is 6.18. The van der Waals surface area contributed by atoms with Crippen LogP contribution in [0.2, 0.25) is 0 Å². The normalized spacial score (nSPS) is 22.6. The van der Waals surface area contributed by atoms with Gasteiger partial charge in [-0.1, -0.05) is 91.1 Å². The van der Waals surface area contributed by atoms with Crippen LogP contribution < -0.4 is 0 Å². The van der Waals surface area contributed by atoms with E-state index in [9.17, 15) is 0 Å². The minimum atomic E-state index is 0.0149. The number of fused-ring (bicyclic) bond motifs is 5. The molecule has 1 unspecified atom stereocenters. The molecule has 3 aromatic rings. The average molecular weight is 330 g/mol. The molecule has 1 spiro atoms. The minimum Gasteiger partial charge on any atom is -0.0693 e. The molecule has 3 aliphatic carbocycles. The number of benzene rings is 3. The van der Waals surface area contributed by atoms with E-state index in [0.717, 1.165) is 6.42 Å². The molecule has 0 N–H and O–H groups in total. The van der Waals surface area contributed by atoms with Crippen molar-refractivity contribution >= 4 is 27.6 Å². The molecule has 0 heteroatoms. The maximum Gasteiger partial charge on any atom is 0.0425 e. The van der Waals surface area contributed by atoms with Gasteiger partial charge in [-0.25, -0.2) is 0 Å². The lowest BCUT2D eigenvalue weighted by Gasteiger charge is -2.40. The summed E-state index contributed by atoms with van der Waals surface area (Å²) < 4.78 is 0. The molecule has 6 rings (SSSR count). The van der Waals surface area contributed by atoms with Gasteiger partial charge in [0.05, 0.1) is 0 Å². The Kier molecular flexibility index (Phi) is 2.69. The lowest BCUT2D eigenvalue weighted by atomic mass is 9.62. The summed E-state index contributed by atoms with van der Waals surface area (Å²) in [7, 11) is 0. The highest BCUT2D eigenvalue weighted by Gasteiger charge is 2.39. The van der Waals surface area contributed by atoms with Gasteiger partial charge in [-0.05, 0) is 56.3 Å². The van der Waals surface area contributed by atoms with Crippen molar-refractivity contribution in [2.75, 3.05) is 0 Å². The van der Waals surface area contributed by atoms with Gasteiger partial charge >= 0.3 is 0 Å². The Morgan fingerprint density at radius 2 is 1.58 bits per heavy atom. The molecular formula is C26H18. The first-order valence-electron chi connectivity index (χ1n) is 9.25. The Balaban J connectivity index is 1.66. The second-order valence-corrected chi connectivity index (χ2v) is 7.47. The predicted octanol–water partition coefficient (Wildman–Crippen LogP) is 6.54. The first-order chi connectivity index (χ1) is 12.9. The van der Waals surface area contributed by atoms with E-state index in [1.165, 1.54) is 43.8 Å². The van der Waals surface area contributed by atoms with Crippen molar-refractivity contribution in [3.63, 3.8) is 0 Å². The van der Waals surface area contributed by atoms with Crippen LogP contribution in [-0.2, 0) is 6.42 Å². The quantitative estimate of drug-likeness (QED) is 0.410. The number of allylic oxidation sites excluding steroid dienone is 9. The zero-order valence-electron chi connectivity index (χ0n) is 14.4. The Morgan fingerprint density at radius 3 is 2.58 bits per heavy atom. The fraction of sp³-hybridized carbons (Fsp3) is 0.0769. The Labute approximate surface area is 153 Å². The Morgan fingerprint density at radius 1 is 0.692 bits per heavy atom. The summed E-state index contributed by atoms with van der Waals surface area (Å²) in [6.45, 7) is 0. The van der Waals surface area contributed by atoms with E-state index in [4.69, 9.17) is 0 Å². The average Bonchev–Trinajstić information content (AvgIpc) is 2.70. The first-order valence-corrected chi connectivity index (χ1v) is 9.25. The van der Waals surface area contributed by atoms with Crippen LogP contribution in [0.15, 0.2) is 102 Å². The van der Waals surface area contributed by atoms with Crippen molar-refractivity contribution in [3.05, 3.63) is 113 Å². The van der Waals surface area contributed by atoms with Gasteiger partial charge in [0.1, 0.15) is 0 Å². The molecular weight excluding hydrogens is 312 g/mol. The highest BCUT2D eigenvalue weighted by Crippen LogP contribution is 2.50. The Hall–Kier alpha value is -3.12. The summed E-state index contributed by atoms with van der Waals surface area (Å²) >= 11 is 0. The monoisotopic (exact) mass is 330 g/mol. The number of hydrogen-bond acceptors (Lipinski definition) is 0. The summed E-state index contributed by atoms with van der Waals surface area (Å²) in [5, 5.41) is 5.36. The minimum absolute atomic E-state index is 0.0149. The molecule has 0 bridgehead atoms. The van der Waals surface area contributed by atoms with Crippen LogP contribution in [0.1, 0.15) is 11.1 Å². The molecule has 26 heavy (non-hydrogen) atoms. The van der Waals surface area contributed by atoms with Gasteiger partial charge in [0.2, 0.25) is 0 Å². The predicted molar refractivity (Wildman–Crippen MR) is 111 cm³/mol. The highest BCUT2D eigenvalue weighted by molar-refractivity contribution is 6.10. The third-order valence-electron chi connectivity index (χ3n) is 6.18. The van der Waals surface area contributed by atoms with E-state index in [-0.39, 0.29) is 5.41 Å². The molecule has 1 atom stereocenters. The van der Waals surface area contributed by atoms with Crippen LogP contribution in [0.4, 0.5) is 0 Å². The molecule has 0 amide bonds. The van der Waals surface area contributed by atoms with Crippen molar-refractivity contribution in [2.24, 2.45) is 5.41 Å². The van der Waals surface area contributed by atoms with Crippen molar-refractivity contribution < 1.29 is 0 Å². The van der Waals surface area contributed by atoms with E-state index < -0.39 is 0 Å². The highest BCUT2D eigenvalue weighted by atomic mass is 14.4. The number of rotatable bonds is 0. The van der Waals surface area contributed by atoms with E-state index in [1.54, 1.807) is 0 Å². The summed E-state index contributed by atoms with van der Waals surface area (Å²) in [6.07, 6.45) is 19.2. The van der Waals surface area contributed by atoms with Crippen molar-refractivity contribution in [1.29, 1.82) is 0 Å². The molecule has 0 saturated carbocycles. The maximum absolute atomic E-state index is 2.42. The second kappa shape index (κ2) is 4.95. The zero-order valence-corrected chi connectivity index (χ0v) is 14.4. The molecule has 122 valence electrons. The zero-order chi connectivity index (χ0) is 17.1. The van der Waals surface area contributed by atoms with Crippen molar-refractivity contribution in [2.45, 2.75) is 6.42 Å². The van der Waals surface area contributed by atoms with Gasteiger partial charge in [-0.3, -0.25) is 0 Å². The Bertz CT molecular complexity index is 1240. The molecule has 0 aliphatic heterocycles. The molecule has 0 radical (unpaired) electrons. The summed E-state index contributed by atoms with van der Waals surface area (Å²) in [4.78, 5) is 0. The molecule has 0 fully saturated rings. The van der Waals surface area contributed by atoms with Crippen molar-refractivity contribution in [1.82, 2.24) is 0 Å². The molecule has 3 aromatic carbocycles. The molecule has 0 nitrogen and oxygen atoms in total. The fourth-order valence-electron chi connectivity index (χ4n) is 4.87. The van der Waals surface area contributed by atoms with E-state index in [2.05, 4.69) is 97.1 Å². The van der Waals surface area contributed by atoms with Gasteiger partial charge in [-0.15, -0.1) is 0 Å². The van der Waals surface area contributed by atoms with E-state index in [1.807, 2.05) is 0 Å². The van der Waals surface area contributed by atoms with Crippen LogP contribution in [0.5, 0.6) is 0 Å². The first kappa shape index (κ1) is 14.1. The van der Waals surface area contributed by atoms with Crippen LogP contribution >= 0.6 is 0 Å². The molecule has 3 aliphatic rings. The molecule has 0 heterocycles. The van der Waals surface area contributed by atoms with Crippen molar-refractivity contribution in [3.8, 4) is 0 Å². The largest absolute Gasteiger partial charge is 0.0693 e. The van der Waals surface area contributed by atoms with E-state index >= 15 is 0 Å². The lowest BCUT2D eigenvalue weighted by molar-refractivity contribution is 0.558. The molecule has 0 aromatic heterocycles. The van der Waals surface area contributed by atoms with Crippen LogP contribution in [0.25, 0.3) is 27.6 Å². The van der Waals surface area contributed by atoms with E-state index in [0.29, 0.717) is 0 Å². The maximum atomic E-state index is 2.42.